The molecule has 0 heterocycles. The van der Waals surface area contributed by atoms with Crippen molar-refractivity contribution < 1.29 is 0 Å². The van der Waals surface area contributed by atoms with E-state index in [1.54, 1.807) is 5.56 Å². The van der Waals surface area contributed by atoms with Gasteiger partial charge in [0.2, 0.25) is 0 Å². The summed E-state index contributed by atoms with van der Waals surface area (Å²) in [4.78, 5) is 4.30. The van der Waals surface area contributed by atoms with Gasteiger partial charge in [-0.2, -0.15) is 0 Å². The zero-order valence-electron chi connectivity index (χ0n) is 9.14. The maximum absolute atomic E-state index is 4.30. The van der Waals surface area contributed by atoms with Gasteiger partial charge in [-0.1, -0.05) is 18.7 Å². The van der Waals surface area contributed by atoms with E-state index in [0.717, 1.165) is 17.7 Å². The second-order valence-electron chi connectivity index (χ2n) is 4.46. The molecule has 1 nitrogen and oxygen atoms in total. The molecule has 0 radical (unpaired) electrons. The number of nitrogens with zero attached hydrogens (tertiary/aromatic N) is 1. The molecule has 0 aliphatic heterocycles. The summed E-state index contributed by atoms with van der Waals surface area (Å²) in [6.45, 7) is 4.14. The van der Waals surface area contributed by atoms with E-state index in [0.29, 0.717) is 0 Å². The summed E-state index contributed by atoms with van der Waals surface area (Å²) in [6, 6.07) is 4.72. The van der Waals surface area contributed by atoms with Crippen LogP contribution in [0.5, 0.6) is 0 Å². The first-order valence-corrected chi connectivity index (χ1v) is 5.59. The van der Waals surface area contributed by atoms with Crippen LogP contribution in [0.4, 0.5) is 0 Å². The molecule has 0 spiro atoms. The van der Waals surface area contributed by atoms with E-state index in [9.17, 15) is 0 Å². The van der Waals surface area contributed by atoms with Crippen molar-refractivity contribution in [1.82, 2.24) is 0 Å². The van der Waals surface area contributed by atoms with Gasteiger partial charge in [0.25, 0.3) is 0 Å². The Hall–Kier alpha value is -1.37. The Labute approximate surface area is 90.5 Å². The van der Waals surface area contributed by atoms with Crippen LogP contribution in [0.15, 0.2) is 23.7 Å². The second kappa shape index (κ2) is 3.06. The summed E-state index contributed by atoms with van der Waals surface area (Å²) in [7, 11) is 1.86. The van der Waals surface area contributed by atoms with Crippen molar-refractivity contribution in [2.75, 3.05) is 7.05 Å². The summed E-state index contributed by atoms with van der Waals surface area (Å²) < 4.78 is 0. The van der Waals surface area contributed by atoms with Gasteiger partial charge in [0.15, 0.2) is 0 Å². The zero-order valence-corrected chi connectivity index (χ0v) is 9.14. The zero-order chi connectivity index (χ0) is 10.4. The van der Waals surface area contributed by atoms with Crippen molar-refractivity contribution in [3.05, 3.63) is 41.0 Å². The quantitative estimate of drug-likeness (QED) is 0.606. The minimum absolute atomic E-state index is 0.984. The largest absolute Gasteiger partial charge is 0.292 e. The van der Waals surface area contributed by atoms with Gasteiger partial charge in [0, 0.05) is 19.2 Å². The lowest BCUT2D eigenvalue weighted by Gasteiger charge is -2.04. The summed E-state index contributed by atoms with van der Waals surface area (Å²) in [5.74, 6) is 0. The summed E-state index contributed by atoms with van der Waals surface area (Å²) in [5, 5.41) is 0. The second-order valence-corrected chi connectivity index (χ2v) is 4.46. The molecule has 76 valence electrons. The van der Waals surface area contributed by atoms with E-state index in [4.69, 9.17) is 0 Å². The monoisotopic (exact) mass is 197 g/mol. The molecule has 1 heteroatoms. The number of benzene rings is 1. The third kappa shape index (κ3) is 1.19. The van der Waals surface area contributed by atoms with Crippen molar-refractivity contribution in [2.45, 2.75) is 25.7 Å². The van der Waals surface area contributed by atoms with Gasteiger partial charge in [0.05, 0.1) is 0 Å². The lowest BCUT2D eigenvalue weighted by atomic mass is 10.0. The summed E-state index contributed by atoms with van der Waals surface area (Å²) in [5.41, 5.74) is 8.17. The van der Waals surface area contributed by atoms with Crippen LogP contribution in [0.3, 0.4) is 0 Å². The highest BCUT2D eigenvalue weighted by Gasteiger charge is 2.23. The van der Waals surface area contributed by atoms with Gasteiger partial charge in [-0.3, -0.25) is 4.99 Å². The van der Waals surface area contributed by atoms with Gasteiger partial charge in [-0.15, -0.1) is 0 Å². The molecule has 0 saturated carbocycles. The van der Waals surface area contributed by atoms with Gasteiger partial charge in [-0.25, -0.2) is 0 Å². The molecule has 0 aromatic heterocycles. The number of hydrogen-bond acceptors (Lipinski definition) is 1. The van der Waals surface area contributed by atoms with Crippen LogP contribution in [0, 0.1) is 0 Å². The molecule has 0 unspecified atom stereocenters. The minimum Gasteiger partial charge on any atom is -0.292 e. The molecule has 0 saturated heterocycles. The molecule has 0 atom stereocenters. The molecule has 0 bridgehead atoms. The predicted octanol–water partition coefficient (Wildman–Crippen LogP) is 2.82. The lowest BCUT2D eigenvalue weighted by molar-refractivity contribution is 0.911. The lowest BCUT2D eigenvalue weighted by Crippen LogP contribution is -1.93. The fraction of sp³-hybridized carbons (Fsp3) is 0.357. The molecule has 0 N–H and O–H groups in total. The third-order valence-corrected chi connectivity index (χ3v) is 3.62. The maximum Gasteiger partial charge on any atom is 0.0461 e. The van der Waals surface area contributed by atoms with Crippen molar-refractivity contribution in [1.29, 1.82) is 0 Å². The van der Waals surface area contributed by atoms with E-state index in [1.165, 1.54) is 36.0 Å². The highest BCUT2D eigenvalue weighted by Crippen LogP contribution is 2.34. The minimum atomic E-state index is 0.984. The van der Waals surface area contributed by atoms with E-state index in [1.807, 2.05) is 7.05 Å². The molecule has 0 fully saturated rings. The molecule has 15 heavy (non-hydrogen) atoms. The number of fused-ring (bicyclic) bond motifs is 2. The first-order valence-electron chi connectivity index (χ1n) is 5.59. The Morgan fingerprint density at radius 3 is 2.60 bits per heavy atom. The topological polar surface area (TPSA) is 12.4 Å². The van der Waals surface area contributed by atoms with Crippen LogP contribution in [0.25, 0.3) is 5.57 Å². The molecular weight excluding hydrogens is 182 g/mol. The van der Waals surface area contributed by atoms with E-state index in [2.05, 4.69) is 23.7 Å². The van der Waals surface area contributed by atoms with Crippen molar-refractivity contribution in [3.63, 3.8) is 0 Å². The standard InChI is InChI=1S/C14H15N/c1-9-13-7-11-5-3-4-10(11)6-12(13)8-14(9)15-2/h6-7H,1,3-5,8H2,2H3/b15-14+. The Kier molecular flexibility index (Phi) is 1.82. The maximum atomic E-state index is 4.30. The van der Waals surface area contributed by atoms with Gasteiger partial charge in [-0.05, 0) is 47.1 Å². The number of aryl methyl sites for hydroxylation is 2. The van der Waals surface area contributed by atoms with Gasteiger partial charge >= 0.3 is 0 Å². The van der Waals surface area contributed by atoms with E-state index in [-0.39, 0.29) is 0 Å². The van der Waals surface area contributed by atoms with Crippen LogP contribution >= 0.6 is 0 Å². The average molecular weight is 197 g/mol. The fourth-order valence-corrected chi connectivity index (χ4v) is 2.76. The molecule has 0 amide bonds. The molecule has 2 aliphatic carbocycles. The van der Waals surface area contributed by atoms with Crippen molar-refractivity contribution >= 4 is 11.3 Å². The highest BCUT2D eigenvalue weighted by molar-refractivity contribution is 6.27. The Balaban J connectivity index is 2.17. The fourth-order valence-electron chi connectivity index (χ4n) is 2.76. The Bertz CT molecular complexity index is 480. The van der Waals surface area contributed by atoms with E-state index >= 15 is 0 Å². The number of allylic oxidation sites excluding steroid dienone is 1. The summed E-state index contributed by atoms with van der Waals surface area (Å²) >= 11 is 0. The van der Waals surface area contributed by atoms with Gasteiger partial charge in [0.1, 0.15) is 0 Å². The first kappa shape index (κ1) is 8.90. The predicted molar refractivity (Wildman–Crippen MR) is 64.6 cm³/mol. The molecule has 2 aliphatic rings. The normalized spacial score (nSPS) is 20.9. The van der Waals surface area contributed by atoms with Crippen LogP contribution < -0.4 is 0 Å². The first-order chi connectivity index (χ1) is 7.29. The molecular formula is C14H15N. The van der Waals surface area contributed by atoms with Crippen molar-refractivity contribution in [3.8, 4) is 0 Å². The van der Waals surface area contributed by atoms with Crippen LogP contribution in [-0.4, -0.2) is 12.8 Å². The molecule has 1 aromatic carbocycles. The van der Waals surface area contributed by atoms with Gasteiger partial charge < -0.3 is 0 Å². The van der Waals surface area contributed by atoms with Crippen molar-refractivity contribution in [2.24, 2.45) is 4.99 Å². The highest BCUT2D eigenvalue weighted by atomic mass is 14.7. The van der Waals surface area contributed by atoms with Crippen LogP contribution in [0.2, 0.25) is 0 Å². The molecule has 3 rings (SSSR count). The van der Waals surface area contributed by atoms with Crippen LogP contribution in [0.1, 0.15) is 28.7 Å². The van der Waals surface area contributed by atoms with E-state index < -0.39 is 0 Å². The third-order valence-electron chi connectivity index (χ3n) is 3.62. The Morgan fingerprint density at radius 1 is 1.13 bits per heavy atom. The number of hydrogen-bond donors (Lipinski definition) is 0. The Morgan fingerprint density at radius 2 is 1.87 bits per heavy atom. The smallest absolute Gasteiger partial charge is 0.0461 e. The average Bonchev–Trinajstić information content (AvgIpc) is 2.80. The van der Waals surface area contributed by atoms with Crippen LogP contribution in [-0.2, 0) is 19.3 Å². The number of rotatable bonds is 0. The summed E-state index contributed by atoms with van der Waals surface area (Å²) in [6.07, 6.45) is 4.81. The SMILES string of the molecule is C=C1/C(=N/C)Cc2cc3c(cc21)CCC3. The number of aliphatic imine (C=N–C) groups is 1. The molecule has 1 aromatic rings.